The van der Waals surface area contributed by atoms with Gasteiger partial charge in [0.15, 0.2) is 0 Å². The number of hydrogen-bond donors (Lipinski definition) is 1. The lowest BCUT2D eigenvalue weighted by Gasteiger charge is -2.22. The molecule has 1 aromatic heterocycles. The van der Waals surface area contributed by atoms with E-state index in [0.717, 1.165) is 17.3 Å². The summed E-state index contributed by atoms with van der Waals surface area (Å²) in [6, 6.07) is 9.60. The second kappa shape index (κ2) is 6.68. The first-order valence-electron chi connectivity index (χ1n) is 7.35. The van der Waals surface area contributed by atoms with Gasteiger partial charge in [-0.1, -0.05) is 32.0 Å². The molecule has 1 heterocycles. The maximum absolute atomic E-state index is 12.6. The van der Waals surface area contributed by atoms with E-state index >= 15 is 0 Å². The molecule has 0 spiro atoms. The molecule has 0 aliphatic rings. The number of pyridine rings is 1. The van der Waals surface area contributed by atoms with Gasteiger partial charge < -0.3 is 10.6 Å². The second-order valence-corrected chi connectivity index (χ2v) is 5.80. The lowest BCUT2D eigenvalue weighted by molar-refractivity contribution is 0.0791. The minimum absolute atomic E-state index is 0.0181. The van der Waals surface area contributed by atoms with Gasteiger partial charge >= 0.3 is 0 Å². The molecule has 1 unspecified atom stereocenters. The third-order valence-electron chi connectivity index (χ3n) is 3.88. The fourth-order valence-electron chi connectivity index (χ4n) is 2.27. The lowest BCUT2D eigenvalue weighted by Crippen LogP contribution is -2.34. The zero-order valence-electron chi connectivity index (χ0n) is 12.9. The Morgan fingerprint density at radius 3 is 2.71 bits per heavy atom. The predicted octanol–water partition coefficient (Wildman–Crippen LogP) is 2.68. The number of benzene rings is 1. The zero-order valence-corrected chi connectivity index (χ0v) is 12.9. The molecule has 0 saturated heterocycles. The summed E-state index contributed by atoms with van der Waals surface area (Å²) in [5.74, 6) is 0.444. The first-order chi connectivity index (χ1) is 10.0. The highest BCUT2D eigenvalue weighted by molar-refractivity contribution is 6.05. The van der Waals surface area contributed by atoms with Crippen LogP contribution in [0.3, 0.4) is 0 Å². The predicted molar refractivity (Wildman–Crippen MR) is 86.1 cm³/mol. The maximum Gasteiger partial charge on any atom is 0.254 e. The Labute approximate surface area is 126 Å². The molecule has 0 bridgehead atoms. The van der Waals surface area contributed by atoms with Crippen LogP contribution in [-0.4, -0.2) is 35.4 Å². The van der Waals surface area contributed by atoms with Crippen molar-refractivity contribution in [3.63, 3.8) is 0 Å². The monoisotopic (exact) mass is 285 g/mol. The van der Waals surface area contributed by atoms with Crippen LogP contribution >= 0.6 is 0 Å². The van der Waals surface area contributed by atoms with Gasteiger partial charge in [0.1, 0.15) is 0 Å². The molecule has 4 nitrogen and oxygen atoms in total. The summed E-state index contributed by atoms with van der Waals surface area (Å²) < 4.78 is 0. The van der Waals surface area contributed by atoms with Crippen LogP contribution in [0.15, 0.2) is 36.5 Å². The Hall–Kier alpha value is -1.94. The van der Waals surface area contributed by atoms with Crippen molar-refractivity contribution in [1.29, 1.82) is 0 Å². The Morgan fingerprint density at radius 1 is 1.29 bits per heavy atom. The first-order valence-corrected chi connectivity index (χ1v) is 7.35. The van der Waals surface area contributed by atoms with Crippen molar-refractivity contribution in [2.24, 2.45) is 11.7 Å². The average Bonchev–Trinajstić information content (AvgIpc) is 2.50. The molecule has 1 atom stereocenters. The number of amides is 1. The van der Waals surface area contributed by atoms with Gasteiger partial charge in [0.25, 0.3) is 5.91 Å². The van der Waals surface area contributed by atoms with Crippen LogP contribution in [0.25, 0.3) is 10.9 Å². The molecule has 21 heavy (non-hydrogen) atoms. The Balaban J connectivity index is 2.15. The molecule has 4 heteroatoms. The topological polar surface area (TPSA) is 59.2 Å². The van der Waals surface area contributed by atoms with Gasteiger partial charge in [0, 0.05) is 31.2 Å². The summed E-state index contributed by atoms with van der Waals surface area (Å²) in [5, 5.41) is 0.894. The van der Waals surface area contributed by atoms with Gasteiger partial charge in [-0.2, -0.15) is 0 Å². The highest BCUT2D eigenvalue weighted by Crippen LogP contribution is 2.18. The van der Waals surface area contributed by atoms with Crippen molar-refractivity contribution < 1.29 is 4.79 Å². The summed E-state index contributed by atoms with van der Waals surface area (Å²) in [5.41, 5.74) is 7.58. The van der Waals surface area contributed by atoms with Crippen molar-refractivity contribution in [2.45, 2.75) is 26.3 Å². The molecule has 2 rings (SSSR count). The van der Waals surface area contributed by atoms with Gasteiger partial charge in [-0.15, -0.1) is 0 Å². The van der Waals surface area contributed by atoms with Gasteiger partial charge in [0.2, 0.25) is 0 Å². The van der Waals surface area contributed by atoms with Crippen LogP contribution in [-0.2, 0) is 0 Å². The highest BCUT2D eigenvalue weighted by atomic mass is 16.2. The molecular formula is C17H23N3O. The summed E-state index contributed by atoms with van der Waals surface area (Å²) in [4.78, 5) is 18.6. The van der Waals surface area contributed by atoms with Crippen LogP contribution in [0.4, 0.5) is 0 Å². The van der Waals surface area contributed by atoms with Crippen molar-refractivity contribution in [2.75, 3.05) is 13.6 Å². The van der Waals surface area contributed by atoms with E-state index in [1.165, 1.54) is 0 Å². The van der Waals surface area contributed by atoms with Gasteiger partial charge in [-0.3, -0.25) is 9.78 Å². The minimum atomic E-state index is 0.0181. The van der Waals surface area contributed by atoms with E-state index in [-0.39, 0.29) is 11.9 Å². The number of nitrogens with two attached hydrogens (primary N) is 1. The van der Waals surface area contributed by atoms with E-state index in [1.807, 2.05) is 31.3 Å². The molecular weight excluding hydrogens is 262 g/mol. The molecule has 0 aliphatic carbocycles. The van der Waals surface area contributed by atoms with Crippen molar-refractivity contribution >= 4 is 16.8 Å². The molecule has 0 radical (unpaired) electrons. The van der Waals surface area contributed by atoms with E-state index in [2.05, 4.69) is 18.8 Å². The van der Waals surface area contributed by atoms with Gasteiger partial charge in [0.05, 0.1) is 11.1 Å². The second-order valence-electron chi connectivity index (χ2n) is 5.80. The average molecular weight is 285 g/mol. The Kier molecular flexibility index (Phi) is 4.91. The largest absolute Gasteiger partial charge is 0.342 e. The van der Waals surface area contributed by atoms with Crippen LogP contribution in [0.1, 0.15) is 30.6 Å². The number of fused-ring (bicyclic) bond motifs is 1. The summed E-state index contributed by atoms with van der Waals surface area (Å²) >= 11 is 0. The van der Waals surface area contributed by atoms with Crippen LogP contribution < -0.4 is 5.73 Å². The maximum atomic E-state index is 12.6. The molecule has 0 fully saturated rings. The zero-order chi connectivity index (χ0) is 15.4. The summed E-state index contributed by atoms with van der Waals surface area (Å²) in [7, 11) is 1.82. The molecule has 2 N–H and O–H groups in total. The molecule has 1 aromatic carbocycles. The number of aromatic nitrogens is 1. The molecule has 0 saturated carbocycles. The standard InChI is InChI=1S/C17H23N3O/c1-12(2)15(18)9-11-20(3)17(21)14-8-10-19-16-7-5-4-6-13(14)16/h4-8,10,12,15H,9,11,18H2,1-3H3. The van der Waals surface area contributed by atoms with E-state index < -0.39 is 0 Å². The smallest absolute Gasteiger partial charge is 0.254 e. The van der Waals surface area contributed by atoms with Gasteiger partial charge in [-0.05, 0) is 24.5 Å². The molecule has 112 valence electrons. The lowest BCUT2D eigenvalue weighted by atomic mass is 10.0. The third kappa shape index (κ3) is 3.58. The first kappa shape index (κ1) is 15.4. The number of nitrogens with zero attached hydrogens (tertiary/aromatic N) is 2. The van der Waals surface area contributed by atoms with Crippen molar-refractivity contribution in [3.05, 3.63) is 42.1 Å². The summed E-state index contributed by atoms with van der Waals surface area (Å²) in [6.45, 7) is 4.86. The highest BCUT2D eigenvalue weighted by Gasteiger charge is 2.16. The van der Waals surface area contributed by atoms with E-state index in [4.69, 9.17) is 5.73 Å². The van der Waals surface area contributed by atoms with Crippen molar-refractivity contribution in [1.82, 2.24) is 9.88 Å². The fraction of sp³-hybridized carbons (Fsp3) is 0.412. The van der Waals surface area contributed by atoms with Gasteiger partial charge in [-0.25, -0.2) is 0 Å². The Bertz CT molecular complexity index is 619. The number of hydrogen-bond acceptors (Lipinski definition) is 3. The van der Waals surface area contributed by atoms with E-state index in [9.17, 15) is 4.79 Å². The molecule has 0 aliphatic heterocycles. The molecule has 1 amide bonds. The minimum Gasteiger partial charge on any atom is -0.342 e. The number of carbonyl (C=O) groups excluding carboxylic acids is 1. The SMILES string of the molecule is CC(C)C(N)CCN(C)C(=O)c1ccnc2ccccc12. The van der Waals surface area contributed by atoms with E-state index in [0.29, 0.717) is 18.0 Å². The van der Waals surface area contributed by atoms with Crippen LogP contribution in [0, 0.1) is 5.92 Å². The number of para-hydroxylation sites is 1. The van der Waals surface area contributed by atoms with E-state index in [1.54, 1.807) is 17.2 Å². The number of rotatable bonds is 5. The number of carbonyl (C=O) groups is 1. The third-order valence-corrected chi connectivity index (χ3v) is 3.88. The fourth-order valence-corrected chi connectivity index (χ4v) is 2.27. The summed E-state index contributed by atoms with van der Waals surface area (Å²) in [6.07, 6.45) is 2.49. The van der Waals surface area contributed by atoms with Crippen molar-refractivity contribution in [3.8, 4) is 0 Å². The van der Waals surface area contributed by atoms with Crippen LogP contribution in [0.5, 0.6) is 0 Å². The normalized spacial score (nSPS) is 12.6. The molecule has 2 aromatic rings. The Morgan fingerprint density at radius 2 is 2.00 bits per heavy atom. The quantitative estimate of drug-likeness (QED) is 0.919. The van der Waals surface area contributed by atoms with Crippen LogP contribution in [0.2, 0.25) is 0 Å².